The topological polar surface area (TPSA) is 29.3 Å². The van der Waals surface area contributed by atoms with E-state index in [1.165, 1.54) is 16.7 Å². The van der Waals surface area contributed by atoms with E-state index in [2.05, 4.69) is 83.3 Å². The highest BCUT2D eigenvalue weighted by Crippen LogP contribution is 2.24. The number of nitrogens with two attached hydrogens (primary N) is 1. The molecule has 2 aromatic rings. The smallest absolute Gasteiger partial charge is 0.0467 e. The van der Waals surface area contributed by atoms with E-state index < -0.39 is 0 Å². The Morgan fingerprint density at radius 3 is 2.48 bits per heavy atom. The number of nitrogens with zero attached hydrogens (tertiary/aromatic N) is 1. The molecular formula is C18H23BrN2. The van der Waals surface area contributed by atoms with Crippen LogP contribution < -0.4 is 5.73 Å². The molecule has 0 amide bonds. The maximum Gasteiger partial charge on any atom is 0.0467 e. The van der Waals surface area contributed by atoms with Gasteiger partial charge in [0, 0.05) is 23.6 Å². The van der Waals surface area contributed by atoms with Crippen LogP contribution in [-0.4, -0.2) is 25.0 Å². The van der Waals surface area contributed by atoms with E-state index in [1.807, 2.05) is 0 Å². The molecule has 21 heavy (non-hydrogen) atoms. The minimum Gasteiger partial charge on any atom is -0.329 e. The zero-order chi connectivity index (χ0) is 15.2. The van der Waals surface area contributed by atoms with Crippen LogP contribution >= 0.6 is 15.9 Å². The van der Waals surface area contributed by atoms with Gasteiger partial charge in [-0.3, -0.25) is 4.90 Å². The Labute approximate surface area is 136 Å². The van der Waals surface area contributed by atoms with Gasteiger partial charge in [-0.25, -0.2) is 0 Å². The third-order valence-electron chi connectivity index (χ3n) is 3.92. The van der Waals surface area contributed by atoms with E-state index >= 15 is 0 Å². The highest BCUT2D eigenvalue weighted by Gasteiger charge is 2.15. The Morgan fingerprint density at radius 1 is 1.14 bits per heavy atom. The van der Waals surface area contributed by atoms with E-state index in [9.17, 15) is 0 Å². The lowest BCUT2D eigenvalue weighted by Gasteiger charge is -2.28. The zero-order valence-electron chi connectivity index (χ0n) is 12.7. The fourth-order valence-electron chi connectivity index (χ4n) is 2.55. The summed E-state index contributed by atoms with van der Waals surface area (Å²) < 4.78 is 1.15. The lowest BCUT2D eigenvalue weighted by molar-refractivity contribution is 0.253. The second-order valence-corrected chi connectivity index (χ2v) is 6.33. The predicted octanol–water partition coefficient (Wildman–Crippen LogP) is 3.93. The Bertz CT molecular complexity index is 569. The number of hydrogen-bond donors (Lipinski definition) is 1. The molecular weight excluding hydrogens is 324 g/mol. The quantitative estimate of drug-likeness (QED) is 0.858. The van der Waals surface area contributed by atoms with Gasteiger partial charge >= 0.3 is 0 Å². The van der Waals surface area contributed by atoms with Crippen molar-refractivity contribution in [3.05, 3.63) is 69.7 Å². The van der Waals surface area contributed by atoms with E-state index in [1.54, 1.807) is 0 Å². The molecule has 0 fully saturated rings. The summed E-state index contributed by atoms with van der Waals surface area (Å²) in [6.45, 7) is 3.75. The molecule has 2 nitrogen and oxygen atoms in total. The molecule has 0 aromatic heterocycles. The molecule has 112 valence electrons. The summed E-state index contributed by atoms with van der Waals surface area (Å²) in [7, 11) is 2.15. The number of benzene rings is 2. The van der Waals surface area contributed by atoms with Crippen LogP contribution in [0, 0.1) is 6.92 Å². The zero-order valence-corrected chi connectivity index (χ0v) is 14.3. The molecule has 3 heteroatoms. The maximum absolute atomic E-state index is 6.01. The molecule has 2 aromatic carbocycles. The molecule has 0 saturated heterocycles. The minimum absolute atomic E-state index is 0.264. The molecule has 2 rings (SSSR count). The van der Waals surface area contributed by atoms with E-state index in [0.29, 0.717) is 6.54 Å². The van der Waals surface area contributed by atoms with Gasteiger partial charge < -0.3 is 5.73 Å². The lowest BCUT2D eigenvalue weighted by atomic mass is 10.0. The molecule has 0 radical (unpaired) electrons. The maximum atomic E-state index is 6.01. The Kier molecular flexibility index (Phi) is 5.97. The van der Waals surface area contributed by atoms with Crippen LogP contribution in [0.1, 0.15) is 22.7 Å². The van der Waals surface area contributed by atoms with Crippen molar-refractivity contribution in [3.63, 3.8) is 0 Å². The van der Waals surface area contributed by atoms with Crippen molar-refractivity contribution in [2.45, 2.75) is 19.4 Å². The van der Waals surface area contributed by atoms with Crippen molar-refractivity contribution in [3.8, 4) is 0 Å². The van der Waals surface area contributed by atoms with Crippen LogP contribution in [-0.2, 0) is 6.42 Å². The van der Waals surface area contributed by atoms with Gasteiger partial charge in [-0.2, -0.15) is 0 Å². The van der Waals surface area contributed by atoms with Crippen molar-refractivity contribution >= 4 is 15.9 Å². The van der Waals surface area contributed by atoms with Gasteiger partial charge in [-0.1, -0.05) is 58.4 Å². The number of halogens is 1. The van der Waals surface area contributed by atoms with Gasteiger partial charge in [-0.15, -0.1) is 0 Å². The fraction of sp³-hybridized carbons (Fsp3) is 0.333. The van der Waals surface area contributed by atoms with Gasteiger partial charge in [0.25, 0.3) is 0 Å². The van der Waals surface area contributed by atoms with Crippen molar-refractivity contribution < 1.29 is 0 Å². The monoisotopic (exact) mass is 346 g/mol. The molecule has 0 spiro atoms. The standard InChI is InChI=1S/C18H23BrN2/c1-14-12-16(8-9-17(14)19)18(13-20)21(2)11-10-15-6-4-3-5-7-15/h3-9,12,18H,10-11,13,20H2,1-2H3. The first kappa shape index (κ1) is 16.2. The van der Waals surface area contributed by atoms with Crippen LogP contribution in [0.15, 0.2) is 53.0 Å². The van der Waals surface area contributed by atoms with Crippen molar-refractivity contribution in [1.82, 2.24) is 4.90 Å². The highest BCUT2D eigenvalue weighted by atomic mass is 79.9. The molecule has 0 aliphatic heterocycles. The molecule has 2 N–H and O–H groups in total. The average Bonchev–Trinajstić information content (AvgIpc) is 2.50. The Hall–Kier alpha value is -1.16. The van der Waals surface area contributed by atoms with Crippen molar-refractivity contribution in [1.29, 1.82) is 0 Å². The van der Waals surface area contributed by atoms with Crippen LogP contribution in [0.2, 0.25) is 0 Å². The summed E-state index contributed by atoms with van der Waals surface area (Å²) in [4.78, 5) is 2.34. The van der Waals surface area contributed by atoms with Gasteiger partial charge in [0.1, 0.15) is 0 Å². The van der Waals surface area contributed by atoms with Crippen LogP contribution in [0.4, 0.5) is 0 Å². The number of likely N-dealkylation sites (N-methyl/N-ethyl adjacent to an activating group) is 1. The second-order valence-electron chi connectivity index (χ2n) is 5.48. The first-order valence-corrected chi connectivity index (χ1v) is 8.11. The van der Waals surface area contributed by atoms with Gasteiger partial charge in [0.15, 0.2) is 0 Å². The molecule has 0 bridgehead atoms. The first-order chi connectivity index (χ1) is 10.1. The highest BCUT2D eigenvalue weighted by molar-refractivity contribution is 9.10. The largest absolute Gasteiger partial charge is 0.329 e. The minimum atomic E-state index is 0.264. The second kappa shape index (κ2) is 7.74. The molecule has 1 atom stereocenters. The van der Waals surface area contributed by atoms with E-state index in [0.717, 1.165) is 17.4 Å². The predicted molar refractivity (Wildman–Crippen MR) is 93.5 cm³/mol. The summed E-state index contributed by atoms with van der Waals surface area (Å²) >= 11 is 3.55. The van der Waals surface area contributed by atoms with E-state index in [-0.39, 0.29) is 6.04 Å². The van der Waals surface area contributed by atoms with Gasteiger partial charge in [0.05, 0.1) is 0 Å². The summed E-state index contributed by atoms with van der Waals surface area (Å²) in [6.07, 6.45) is 1.04. The van der Waals surface area contributed by atoms with Crippen molar-refractivity contribution in [2.24, 2.45) is 5.73 Å². The molecule has 1 unspecified atom stereocenters. The number of hydrogen-bond acceptors (Lipinski definition) is 2. The van der Waals surface area contributed by atoms with Crippen LogP contribution in [0.5, 0.6) is 0 Å². The Balaban J connectivity index is 2.04. The third-order valence-corrected chi connectivity index (χ3v) is 4.81. The van der Waals surface area contributed by atoms with Gasteiger partial charge in [0.2, 0.25) is 0 Å². The summed E-state index contributed by atoms with van der Waals surface area (Å²) in [5.41, 5.74) is 9.92. The molecule has 0 aliphatic rings. The summed E-state index contributed by atoms with van der Waals surface area (Å²) in [6, 6.07) is 17.3. The SMILES string of the molecule is Cc1cc(C(CN)N(C)CCc2ccccc2)ccc1Br. The normalized spacial score (nSPS) is 12.6. The number of rotatable bonds is 6. The summed E-state index contributed by atoms with van der Waals surface area (Å²) in [5, 5.41) is 0. The summed E-state index contributed by atoms with van der Waals surface area (Å²) in [5.74, 6) is 0. The van der Waals surface area contributed by atoms with Crippen LogP contribution in [0.25, 0.3) is 0 Å². The van der Waals surface area contributed by atoms with Crippen LogP contribution in [0.3, 0.4) is 0 Å². The molecule has 0 aliphatic carbocycles. The molecule has 0 heterocycles. The molecule has 0 saturated carbocycles. The van der Waals surface area contributed by atoms with Gasteiger partial charge in [-0.05, 0) is 43.1 Å². The Morgan fingerprint density at radius 2 is 1.86 bits per heavy atom. The number of aryl methyl sites for hydroxylation is 1. The fourth-order valence-corrected chi connectivity index (χ4v) is 2.80. The first-order valence-electron chi connectivity index (χ1n) is 7.32. The average molecular weight is 347 g/mol. The lowest BCUT2D eigenvalue weighted by Crippen LogP contribution is -2.32. The van der Waals surface area contributed by atoms with Crippen molar-refractivity contribution in [2.75, 3.05) is 20.1 Å². The third kappa shape index (κ3) is 4.40. The van der Waals surface area contributed by atoms with E-state index in [4.69, 9.17) is 5.73 Å².